The van der Waals surface area contributed by atoms with E-state index in [1.807, 2.05) is 40.1 Å². The number of carbonyl (C=O) groups is 2. The van der Waals surface area contributed by atoms with Crippen LogP contribution in [0.2, 0.25) is 0 Å². The van der Waals surface area contributed by atoms with Crippen molar-refractivity contribution >= 4 is 23.3 Å². The molecule has 2 aromatic rings. The second-order valence-corrected chi connectivity index (χ2v) is 9.38. The summed E-state index contributed by atoms with van der Waals surface area (Å²) in [5, 5.41) is 2.98. The molecule has 33 heavy (non-hydrogen) atoms. The minimum Gasteiger partial charge on any atom is -0.368 e. The van der Waals surface area contributed by atoms with Gasteiger partial charge in [0.25, 0.3) is 0 Å². The van der Waals surface area contributed by atoms with E-state index in [1.54, 1.807) is 0 Å². The topological polar surface area (TPSA) is 55.9 Å². The molecule has 1 N–H and O–H groups in total. The average molecular weight is 449 g/mol. The normalized spacial score (nSPS) is 18.8. The molecule has 2 saturated heterocycles. The van der Waals surface area contributed by atoms with E-state index in [0.717, 1.165) is 64.2 Å². The summed E-state index contributed by atoms with van der Waals surface area (Å²) in [6.07, 6.45) is 3.51. The van der Waals surface area contributed by atoms with E-state index < -0.39 is 0 Å². The molecule has 1 atom stereocenters. The molecule has 2 fully saturated rings. The van der Waals surface area contributed by atoms with Crippen LogP contribution in [0.1, 0.15) is 36.8 Å². The third kappa shape index (κ3) is 5.86. The highest BCUT2D eigenvalue weighted by Gasteiger charge is 2.26. The summed E-state index contributed by atoms with van der Waals surface area (Å²) in [4.78, 5) is 31.8. The number of nitrogens with zero attached hydrogens (tertiary/aromatic N) is 3. The Morgan fingerprint density at radius 3 is 2.42 bits per heavy atom. The van der Waals surface area contributed by atoms with Gasteiger partial charge in [-0.15, -0.1) is 0 Å². The third-order valence-corrected chi connectivity index (χ3v) is 7.15. The first-order chi connectivity index (χ1) is 16.0. The molecule has 6 nitrogen and oxygen atoms in total. The maximum atomic E-state index is 12.9. The summed E-state index contributed by atoms with van der Waals surface area (Å²) in [7, 11) is 0. The first-order valence-corrected chi connectivity index (χ1v) is 12.2. The predicted octanol–water partition coefficient (Wildman–Crippen LogP) is 4.68. The third-order valence-electron chi connectivity index (χ3n) is 7.15. The molecule has 2 aromatic carbocycles. The molecule has 2 heterocycles. The molecule has 0 saturated carbocycles. The fraction of sp³-hybridized carbons (Fsp3) is 0.481. The van der Waals surface area contributed by atoms with Gasteiger partial charge in [0.2, 0.25) is 5.91 Å². The highest BCUT2D eigenvalue weighted by molar-refractivity contribution is 5.89. The molecular formula is C27H36N4O2. The van der Waals surface area contributed by atoms with Crippen molar-refractivity contribution in [2.75, 3.05) is 49.5 Å². The smallest absolute Gasteiger partial charge is 0.321 e. The van der Waals surface area contributed by atoms with Crippen molar-refractivity contribution in [3.8, 4) is 0 Å². The van der Waals surface area contributed by atoms with Crippen molar-refractivity contribution in [3.05, 3.63) is 59.7 Å². The van der Waals surface area contributed by atoms with Gasteiger partial charge in [-0.1, -0.05) is 30.3 Å². The molecule has 3 amide bonds. The summed E-state index contributed by atoms with van der Waals surface area (Å²) in [6, 6.07) is 16.0. The van der Waals surface area contributed by atoms with E-state index in [0.29, 0.717) is 12.3 Å². The maximum absolute atomic E-state index is 12.9. The minimum absolute atomic E-state index is 0.0419. The lowest BCUT2D eigenvalue weighted by atomic mass is 9.93. The fourth-order valence-corrected chi connectivity index (χ4v) is 4.97. The maximum Gasteiger partial charge on any atom is 0.321 e. The quantitative estimate of drug-likeness (QED) is 0.723. The van der Waals surface area contributed by atoms with E-state index in [1.165, 1.54) is 16.8 Å². The van der Waals surface area contributed by atoms with E-state index in [2.05, 4.69) is 42.3 Å². The van der Waals surface area contributed by atoms with Crippen molar-refractivity contribution in [2.24, 2.45) is 5.92 Å². The zero-order chi connectivity index (χ0) is 23.2. The average Bonchev–Trinajstić information content (AvgIpc) is 2.85. The van der Waals surface area contributed by atoms with Crippen LogP contribution in [0.4, 0.5) is 16.2 Å². The van der Waals surface area contributed by atoms with Crippen molar-refractivity contribution in [1.29, 1.82) is 0 Å². The first-order valence-electron chi connectivity index (χ1n) is 12.2. The number of amides is 3. The first kappa shape index (κ1) is 23.1. The zero-order valence-electron chi connectivity index (χ0n) is 19.9. The van der Waals surface area contributed by atoms with Crippen molar-refractivity contribution < 1.29 is 9.59 Å². The molecule has 176 valence electrons. The van der Waals surface area contributed by atoms with Gasteiger partial charge in [0.1, 0.15) is 0 Å². The Kier molecular flexibility index (Phi) is 7.53. The van der Waals surface area contributed by atoms with Gasteiger partial charge in [0.05, 0.1) is 0 Å². The molecule has 4 rings (SSSR count). The number of piperazine rings is 1. The molecule has 0 aromatic heterocycles. The predicted molar refractivity (Wildman–Crippen MR) is 134 cm³/mol. The minimum atomic E-state index is -0.0419. The van der Waals surface area contributed by atoms with Gasteiger partial charge in [0.15, 0.2) is 0 Å². The number of hydrogen-bond donors (Lipinski definition) is 1. The molecule has 6 heteroatoms. The van der Waals surface area contributed by atoms with Crippen LogP contribution in [-0.2, 0) is 4.79 Å². The Hall–Kier alpha value is -3.02. The Morgan fingerprint density at radius 2 is 1.67 bits per heavy atom. The largest absolute Gasteiger partial charge is 0.368 e. The van der Waals surface area contributed by atoms with Crippen LogP contribution in [0, 0.1) is 19.8 Å². The van der Waals surface area contributed by atoms with Crippen LogP contribution in [0.15, 0.2) is 48.5 Å². The van der Waals surface area contributed by atoms with Crippen LogP contribution >= 0.6 is 0 Å². The second kappa shape index (κ2) is 10.7. The van der Waals surface area contributed by atoms with E-state index >= 15 is 0 Å². The summed E-state index contributed by atoms with van der Waals surface area (Å²) >= 11 is 0. The van der Waals surface area contributed by atoms with E-state index in [4.69, 9.17) is 0 Å². The standard InChI is InChI=1S/C27H36N4O2/c1-21-8-6-12-25(22(21)2)29-16-18-30(19-17-29)26(32)14-13-23-9-7-15-31(20-23)27(33)28-24-10-4-3-5-11-24/h3-6,8,10-12,23H,7,9,13-20H2,1-2H3,(H,28,33)/t23-/m1/s1. The number of rotatable bonds is 5. The Balaban J connectivity index is 1.22. The summed E-state index contributed by atoms with van der Waals surface area (Å²) in [6.45, 7) is 9.16. The van der Waals surface area contributed by atoms with Gasteiger partial charge in [-0.3, -0.25) is 4.79 Å². The Morgan fingerprint density at radius 1 is 0.909 bits per heavy atom. The van der Waals surface area contributed by atoms with Gasteiger partial charge < -0.3 is 20.0 Å². The van der Waals surface area contributed by atoms with Crippen molar-refractivity contribution in [2.45, 2.75) is 39.5 Å². The van der Waals surface area contributed by atoms with Crippen molar-refractivity contribution in [1.82, 2.24) is 9.80 Å². The Labute approximate surface area is 197 Å². The molecule has 0 radical (unpaired) electrons. The highest BCUT2D eigenvalue weighted by atomic mass is 16.2. The Bertz CT molecular complexity index is 954. The molecule has 2 aliphatic rings. The lowest BCUT2D eigenvalue weighted by molar-refractivity contribution is -0.131. The number of anilines is 2. The fourth-order valence-electron chi connectivity index (χ4n) is 4.97. The lowest BCUT2D eigenvalue weighted by Crippen LogP contribution is -2.49. The van der Waals surface area contributed by atoms with Gasteiger partial charge in [-0.25, -0.2) is 4.79 Å². The van der Waals surface area contributed by atoms with Gasteiger partial charge in [-0.2, -0.15) is 0 Å². The SMILES string of the molecule is Cc1cccc(N2CCN(C(=O)CC[C@H]3CCCN(C(=O)Nc4ccccc4)C3)CC2)c1C. The number of aryl methyl sites for hydroxylation is 1. The van der Waals surface area contributed by atoms with Gasteiger partial charge in [-0.05, 0) is 68.4 Å². The molecule has 0 aliphatic carbocycles. The summed E-state index contributed by atoms with van der Waals surface area (Å²) in [5.41, 5.74) is 4.75. The molecular weight excluding hydrogens is 412 g/mol. The number of nitrogens with one attached hydrogen (secondary N) is 1. The lowest BCUT2D eigenvalue weighted by Gasteiger charge is -2.37. The van der Waals surface area contributed by atoms with E-state index in [9.17, 15) is 9.59 Å². The molecule has 0 unspecified atom stereocenters. The van der Waals surface area contributed by atoms with E-state index in [-0.39, 0.29) is 11.9 Å². The van der Waals surface area contributed by atoms with Gasteiger partial charge in [0, 0.05) is 57.1 Å². The van der Waals surface area contributed by atoms with Crippen LogP contribution in [-0.4, -0.2) is 61.0 Å². The molecule has 0 bridgehead atoms. The number of urea groups is 1. The van der Waals surface area contributed by atoms with Crippen molar-refractivity contribution in [3.63, 3.8) is 0 Å². The summed E-state index contributed by atoms with van der Waals surface area (Å²) < 4.78 is 0. The molecule has 2 aliphatic heterocycles. The van der Waals surface area contributed by atoms with Crippen LogP contribution in [0.5, 0.6) is 0 Å². The zero-order valence-corrected chi connectivity index (χ0v) is 19.9. The molecule has 0 spiro atoms. The monoisotopic (exact) mass is 448 g/mol. The number of para-hydroxylation sites is 1. The number of piperidine rings is 1. The van der Waals surface area contributed by atoms with Crippen LogP contribution in [0.3, 0.4) is 0 Å². The number of hydrogen-bond acceptors (Lipinski definition) is 3. The second-order valence-electron chi connectivity index (χ2n) is 9.38. The number of carbonyl (C=O) groups excluding carboxylic acids is 2. The van der Waals surface area contributed by atoms with Gasteiger partial charge >= 0.3 is 6.03 Å². The summed E-state index contributed by atoms with van der Waals surface area (Å²) in [5.74, 6) is 0.641. The van der Waals surface area contributed by atoms with Crippen LogP contribution < -0.4 is 10.2 Å². The number of benzene rings is 2. The highest BCUT2D eigenvalue weighted by Crippen LogP contribution is 2.25. The number of likely N-dealkylation sites (tertiary alicyclic amines) is 1. The van der Waals surface area contributed by atoms with Crippen LogP contribution in [0.25, 0.3) is 0 Å².